The number of carbonyl (C=O) groups is 2. The molecule has 2 aliphatic rings. The monoisotopic (exact) mass is 530 g/mol. The van der Waals surface area contributed by atoms with Gasteiger partial charge in [0, 0.05) is 44.0 Å². The number of piperidine rings is 1. The summed E-state index contributed by atoms with van der Waals surface area (Å²) < 4.78 is 8.79. The first kappa shape index (κ1) is 24.9. The molecule has 1 aliphatic carbocycles. The zero-order valence-corrected chi connectivity index (χ0v) is 21.8. The lowest BCUT2D eigenvalue weighted by Crippen LogP contribution is -2.39. The Kier molecular flexibility index (Phi) is 8.40. The first-order valence-corrected chi connectivity index (χ1v) is 13.3. The summed E-state index contributed by atoms with van der Waals surface area (Å²) in [5, 5.41) is 4.61. The second-order valence-electron chi connectivity index (χ2n) is 9.91. The Bertz CT molecular complexity index is 992. The topological polar surface area (TPSA) is 77.3 Å². The Hall–Kier alpha value is -2.22. The zero-order valence-electron chi connectivity index (χ0n) is 20.2. The molecule has 0 bridgehead atoms. The third kappa shape index (κ3) is 6.46. The minimum atomic E-state index is -0.0191. The fourth-order valence-electron chi connectivity index (χ4n) is 5.16. The van der Waals surface area contributed by atoms with Gasteiger partial charge in [-0.3, -0.25) is 9.48 Å². The molecule has 0 spiro atoms. The molecule has 2 fully saturated rings. The molecule has 4 rings (SSSR count). The standard InChI is InChI=1S/C26H35BrN4O3/c1-18-4-3-12-28-25(18)34-22-7-5-20(6-8-22)11-15-31-17-23(27)24(29-31)26(33)30-13-9-21(10-14-30)16-19(2)32/h3-4,12,17,20-22H,5-11,13-16H2,1-2H3. The Morgan fingerprint density at radius 3 is 2.53 bits per heavy atom. The molecule has 1 aliphatic heterocycles. The van der Waals surface area contributed by atoms with Crippen molar-refractivity contribution in [2.45, 2.75) is 77.9 Å². The predicted molar refractivity (Wildman–Crippen MR) is 134 cm³/mol. The Morgan fingerprint density at radius 1 is 1.12 bits per heavy atom. The number of likely N-dealkylation sites (tertiary alicyclic amines) is 1. The van der Waals surface area contributed by atoms with Crippen LogP contribution < -0.4 is 4.74 Å². The van der Waals surface area contributed by atoms with Crippen molar-refractivity contribution in [2.24, 2.45) is 11.8 Å². The molecule has 34 heavy (non-hydrogen) atoms. The smallest absolute Gasteiger partial charge is 0.275 e. The van der Waals surface area contributed by atoms with Crippen molar-refractivity contribution < 1.29 is 14.3 Å². The molecule has 0 atom stereocenters. The maximum atomic E-state index is 13.0. The number of aromatic nitrogens is 3. The van der Waals surface area contributed by atoms with Crippen molar-refractivity contribution >= 4 is 27.6 Å². The van der Waals surface area contributed by atoms with E-state index in [-0.39, 0.29) is 17.8 Å². The number of Topliss-reactive ketones (excluding diaryl/α,β-unsaturated/α-hetero) is 1. The molecular formula is C26H35BrN4O3. The highest BCUT2D eigenvalue weighted by molar-refractivity contribution is 9.10. The van der Waals surface area contributed by atoms with E-state index in [1.54, 1.807) is 13.1 Å². The van der Waals surface area contributed by atoms with Gasteiger partial charge in [0.1, 0.15) is 11.9 Å². The SMILES string of the molecule is CC(=O)CC1CCN(C(=O)c2nn(CCC3CCC(Oc4ncccc4C)CC3)cc2Br)CC1. The fraction of sp³-hybridized carbons (Fsp3) is 0.615. The molecule has 1 amide bonds. The van der Waals surface area contributed by atoms with Crippen molar-refractivity contribution in [1.82, 2.24) is 19.7 Å². The van der Waals surface area contributed by atoms with Crippen LogP contribution in [0.5, 0.6) is 5.88 Å². The molecule has 3 heterocycles. The molecule has 8 heteroatoms. The Balaban J connectivity index is 1.23. The summed E-state index contributed by atoms with van der Waals surface area (Å²) in [4.78, 5) is 30.6. The number of halogens is 1. The van der Waals surface area contributed by atoms with Crippen LogP contribution in [0, 0.1) is 18.8 Å². The minimum Gasteiger partial charge on any atom is -0.474 e. The Labute approximate surface area is 210 Å². The van der Waals surface area contributed by atoms with Crippen LogP contribution in [0.3, 0.4) is 0 Å². The van der Waals surface area contributed by atoms with E-state index in [4.69, 9.17) is 4.74 Å². The van der Waals surface area contributed by atoms with Crippen molar-refractivity contribution in [3.8, 4) is 5.88 Å². The van der Waals surface area contributed by atoms with Crippen molar-refractivity contribution in [3.63, 3.8) is 0 Å². The third-order valence-electron chi connectivity index (χ3n) is 7.20. The molecule has 0 unspecified atom stereocenters. The number of amides is 1. The van der Waals surface area contributed by atoms with Crippen LogP contribution in [-0.2, 0) is 11.3 Å². The van der Waals surface area contributed by atoms with Gasteiger partial charge in [-0.15, -0.1) is 0 Å². The van der Waals surface area contributed by atoms with Crippen LogP contribution in [0.15, 0.2) is 29.0 Å². The fourth-order valence-corrected chi connectivity index (χ4v) is 5.64. The van der Waals surface area contributed by atoms with Gasteiger partial charge in [-0.1, -0.05) is 6.07 Å². The molecule has 1 saturated heterocycles. The van der Waals surface area contributed by atoms with Gasteiger partial charge in [0.25, 0.3) is 5.91 Å². The molecule has 7 nitrogen and oxygen atoms in total. The highest BCUT2D eigenvalue weighted by Gasteiger charge is 2.28. The Morgan fingerprint density at radius 2 is 1.85 bits per heavy atom. The van der Waals surface area contributed by atoms with Gasteiger partial charge in [0.15, 0.2) is 5.69 Å². The number of hydrogen-bond acceptors (Lipinski definition) is 5. The maximum Gasteiger partial charge on any atom is 0.275 e. The largest absolute Gasteiger partial charge is 0.474 e. The quantitative estimate of drug-likeness (QED) is 0.468. The summed E-state index contributed by atoms with van der Waals surface area (Å²) >= 11 is 3.54. The molecule has 0 radical (unpaired) electrons. The van der Waals surface area contributed by atoms with E-state index >= 15 is 0 Å². The number of ether oxygens (including phenoxy) is 1. The van der Waals surface area contributed by atoms with E-state index < -0.39 is 0 Å². The van der Waals surface area contributed by atoms with E-state index in [0.29, 0.717) is 37.0 Å². The molecule has 2 aromatic rings. The molecule has 1 saturated carbocycles. The summed E-state index contributed by atoms with van der Waals surface area (Å²) in [6.45, 7) is 5.87. The average Bonchev–Trinajstić information content (AvgIpc) is 3.20. The van der Waals surface area contributed by atoms with Crippen LogP contribution in [0.25, 0.3) is 0 Å². The van der Waals surface area contributed by atoms with E-state index in [9.17, 15) is 9.59 Å². The lowest BCUT2D eigenvalue weighted by Gasteiger charge is -2.31. The molecular weight excluding hydrogens is 496 g/mol. The van der Waals surface area contributed by atoms with Crippen molar-refractivity contribution in [1.29, 1.82) is 0 Å². The average molecular weight is 531 g/mol. The van der Waals surface area contributed by atoms with Gasteiger partial charge in [0.2, 0.25) is 5.88 Å². The number of carbonyl (C=O) groups excluding carboxylic acids is 2. The third-order valence-corrected chi connectivity index (χ3v) is 7.78. The van der Waals surface area contributed by atoms with Gasteiger partial charge in [-0.2, -0.15) is 5.10 Å². The van der Waals surface area contributed by atoms with E-state index in [0.717, 1.165) is 67.4 Å². The minimum absolute atomic E-state index is 0.0191. The number of hydrogen-bond donors (Lipinski definition) is 0. The normalized spacial score (nSPS) is 21.4. The number of aryl methyl sites for hydroxylation is 2. The number of nitrogens with zero attached hydrogens (tertiary/aromatic N) is 4. The van der Waals surface area contributed by atoms with Crippen LogP contribution >= 0.6 is 15.9 Å². The second kappa shape index (κ2) is 11.5. The summed E-state index contributed by atoms with van der Waals surface area (Å²) in [5.41, 5.74) is 1.58. The van der Waals surface area contributed by atoms with Crippen molar-refractivity contribution in [2.75, 3.05) is 13.1 Å². The lowest BCUT2D eigenvalue weighted by atomic mass is 9.85. The summed E-state index contributed by atoms with van der Waals surface area (Å²) in [6, 6.07) is 3.97. The molecule has 2 aromatic heterocycles. The van der Waals surface area contributed by atoms with Crippen LogP contribution in [0.1, 0.15) is 74.3 Å². The summed E-state index contributed by atoms with van der Waals surface area (Å²) in [7, 11) is 0. The number of rotatable bonds is 8. The van der Waals surface area contributed by atoms with Gasteiger partial charge in [-0.05, 0) is 92.6 Å². The lowest BCUT2D eigenvalue weighted by molar-refractivity contribution is -0.118. The maximum absolute atomic E-state index is 13.0. The summed E-state index contributed by atoms with van der Waals surface area (Å²) in [6.07, 6.45) is 11.8. The van der Waals surface area contributed by atoms with E-state index in [2.05, 4.69) is 26.0 Å². The van der Waals surface area contributed by atoms with Gasteiger partial charge >= 0.3 is 0 Å². The van der Waals surface area contributed by atoms with Crippen LogP contribution in [0.4, 0.5) is 0 Å². The van der Waals surface area contributed by atoms with Crippen LogP contribution in [-0.4, -0.2) is 50.5 Å². The van der Waals surface area contributed by atoms with E-state index in [1.165, 1.54) is 0 Å². The number of pyridine rings is 1. The highest BCUT2D eigenvalue weighted by atomic mass is 79.9. The number of ketones is 1. The highest BCUT2D eigenvalue weighted by Crippen LogP contribution is 2.31. The predicted octanol–water partition coefficient (Wildman–Crippen LogP) is 5.21. The van der Waals surface area contributed by atoms with Gasteiger partial charge in [0.05, 0.1) is 4.47 Å². The summed E-state index contributed by atoms with van der Waals surface area (Å²) in [5.74, 6) is 2.01. The van der Waals surface area contributed by atoms with Gasteiger partial charge in [-0.25, -0.2) is 4.98 Å². The molecule has 184 valence electrons. The first-order valence-electron chi connectivity index (χ1n) is 12.5. The zero-order chi connectivity index (χ0) is 24.1. The second-order valence-corrected chi connectivity index (χ2v) is 10.8. The van der Waals surface area contributed by atoms with E-state index in [1.807, 2.05) is 34.8 Å². The van der Waals surface area contributed by atoms with Crippen molar-refractivity contribution in [3.05, 3.63) is 40.3 Å². The first-order chi connectivity index (χ1) is 16.4. The molecule has 0 N–H and O–H groups in total. The van der Waals surface area contributed by atoms with Gasteiger partial charge < -0.3 is 14.4 Å². The molecule has 0 aromatic carbocycles. The van der Waals surface area contributed by atoms with Crippen LogP contribution in [0.2, 0.25) is 0 Å².